The molecule has 126 valence electrons. The van der Waals surface area contributed by atoms with Crippen molar-refractivity contribution < 1.29 is 4.79 Å². The average Bonchev–Trinajstić information content (AvgIpc) is 2.91. The molecule has 0 radical (unpaired) electrons. The number of carbonyl (C=O) groups excluding carboxylic acids is 1. The van der Waals surface area contributed by atoms with E-state index < -0.39 is 0 Å². The fourth-order valence-corrected chi connectivity index (χ4v) is 2.95. The summed E-state index contributed by atoms with van der Waals surface area (Å²) in [6.07, 6.45) is 4.83. The van der Waals surface area contributed by atoms with Crippen molar-refractivity contribution in [2.75, 3.05) is 18.4 Å². The van der Waals surface area contributed by atoms with E-state index in [0.717, 1.165) is 42.5 Å². The van der Waals surface area contributed by atoms with Crippen molar-refractivity contribution in [3.05, 3.63) is 24.4 Å². The van der Waals surface area contributed by atoms with Crippen LogP contribution < -0.4 is 10.6 Å². The standard InChI is InChI=1S/C17H24N4O.ClH/c1-12(2)21-11-14-10-15(3-4-16(14)20-21)19-17(22)9-13-5-7-18-8-6-13;/h3-4,10-13,18H,5-9H2,1-2H3,(H,19,22);1H. The molecule has 0 saturated carbocycles. The largest absolute Gasteiger partial charge is 0.326 e. The highest BCUT2D eigenvalue weighted by Gasteiger charge is 2.17. The molecule has 23 heavy (non-hydrogen) atoms. The molecule has 6 heteroatoms. The van der Waals surface area contributed by atoms with E-state index in [0.29, 0.717) is 18.4 Å². The summed E-state index contributed by atoms with van der Waals surface area (Å²) >= 11 is 0. The van der Waals surface area contributed by atoms with Crippen LogP contribution in [-0.4, -0.2) is 28.8 Å². The maximum atomic E-state index is 12.2. The minimum absolute atomic E-state index is 0. The predicted octanol–water partition coefficient (Wildman–Crippen LogP) is 3.37. The zero-order valence-corrected chi connectivity index (χ0v) is 14.5. The van der Waals surface area contributed by atoms with Crippen LogP contribution in [-0.2, 0) is 4.79 Å². The zero-order chi connectivity index (χ0) is 15.5. The average molecular weight is 337 g/mol. The molecule has 2 heterocycles. The van der Waals surface area contributed by atoms with Crippen LogP contribution >= 0.6 is 12.4 Å². The van der Waals surface area contributed by atoms with E-state index in [1.54, 1.807) is 0 Å². The summed E-state index contributed by atoms with van der Waals surface area (Å²) in [7, 11) is 0. The number of carbonyl (C=O) groups is 1. The number of halogens is 1. The first-order chi connectivity index (χ1) is 10.6. The van der Waals surface area contributed by atoms with Gasteiger partial charge in [0.25, 0.3) is 0 Å². The third-order valence-corrected chi connectivity index (χ3v) is 4.27. The van der Waals surface area contributed by atoms with Crippen LogP contribution in [0, 0.1) is 5.92 Å². The second-order valence-electron chi connectivity index (χ2n) is 6.42. The van der Waals surface area contributed by atoms with Crippen LogP contribution in [0.2, 0.25) is 0 Å². The van der Waals surface area contributed by atoms with Gasteiger partial charge in [-0.25, -0.2) is 0 Å². The Balaban J connectivity index is 0.00000192. The van der Waals surface area contributed by atoms with E-state index in [9.17, 15) is 4.79 Å². The number of nitrogens with zero attached hydrogens (tertiary/aromatic N) is 2. The molecule has 0 bridgehead atoms. The number of rotatable bonds is 4. The molecule has 0 spiro atoms. The van der Waals surface area contributed by atoms with Crippen molar-refractivity contribution in [2.45, 2.75) is 39.2 Å². The lowest BCUT2D eigenvalue weighted by molar-refractivity contribution is -0.117. The monoisotopic (exact) mass is 336 g/mol. The highest BCUT2D eigenvalue weighted by molar-refractivity contribution is 5.93. The fraction of sp³-hybridized carbons (Fsp3) is 0.529. The highest BCUT2D eigenvalue weighted by Crippen LogP contribution is 2.21. The molecule has 1 amide bonds. The van der Waals surface area contributed by atoms with E-state index in [4.69, 9.17) is 0 Å². The molecule has 5 nitrogen and oxygen atoms in total. The van der Waals surface area contributed by atoms with E-state index in [2.05, 4.69) is 29.6 Å². The molecule has 2 aromatic rings. The fourth-order valence-electron chi connectivity index (χ4n) is 2.95. The van der Waals surface area contributed by atoms with Gasteiger partial charge in [-0.1, -0.05) is 0 Å². The van der Waals surface area contributed by atoms with Gasteiger partial charge >= 0.3 is 0 Å². The van der Waals surface area contributed by atoms with Gasteiger partial charge < -0.3 is 10.6 Å². The number of hydrogen-bond donors (Lipinski definition) is 2. The van der Waals surface area contributed by atoms with Crippen molar-refractivity contribution in [3.63, 3.8) is 0 Å². The number of anilines is 1. The summed E-state index contributed by atoms with van der Waals surface area (Å²) in [6, 6.07) is 6.24. The molecule has 0 aliphatic carbocycles. The Bertz CT molecular complexity index is 662. The smallest absolute Gasteiger partial charge is 0.224 e. The Kier molecular flexibility index (Phi) is 6.02. The molecular weight excluding hydrogens is 312 g/mol. The Morgan fingerprint density at radius 2 is 2.13 bits per heavy atom. The third-order valence-electron chi connectivity index (χ3n) is 4.27. The second kappa shape index (κ2) is 7.79. The van der Waals surface area contributed by atoms with Gasteiger partial charge in [0.05, 0.1) is 5.52 Å². The topological polar surface area (TPSA) is 59.0 Å². The SMILES string of the molecule is CC(C)n1cc2cc(NC(=O)CC3CCNCC3)ccc2n1.Cl. The maximum absolute atomic E-state index is 12.2. The number of fused-ring (bicyclic) bond motifs is 1. The van der Waals surface area contributed by atoms with Gasteiger partial charge in [0.2, 0.25) is 5.91 Å². The molecule has 1 aliphatic heterocycles. The van der Waals surface area contributed by atoms with Crippen LogP contribution in [0.15, 0.2) is 24.4 Å². The molecule has 3 rings (SSSR count). The maximum Gasteiger partial charge on any atom is 0.224 e. The molecule has 2 N–H and O–H groups in total. The number of piperidine rings is 1. The Morgan fingerprint density at radius 1 is 1.39 bits per heavy atom. The minimum atomic E-state index is 0. The Morgan fingerprint density at radius 3 is 2.83 bits per heavy atom. The lowest BCUT2D eigenvalue weighted by Crippen LogP contribution is -2.30. The van der Waals surface area contributed by atoms with Crippen molar-refractivity contribution in [2.24, 2.45) is 5.92 Å². The van der Waals surface area contributed by atoms with Gasteiger partial charge in [0.1, 0.15) is 0 Å². The van der Waals surface area contributed by atoms with Gasteiger partial charge in [-0.2, -0.15) is 5.10 Å². The van der Waals surface area contributed by atoms with E-state index in [-0.39, 0.29) is 18.3 Å². The lowest BCUT2D eigenvalue weighted by atomic mass is 9.94. The normalized spacial score (nSPS) is 15.6. The van der Waals surface area contributed by atoms with Crippen LogP contribution in [0.4, 0.5) is 5.69 Å². The van der Waals surface area contributed by atoms with Crippen molar-refractivity contribution in [1.29, 1.82) is 0 Å². The molecule has 0 unspecified atom stereocenters. The van der Waals surface area contributed by atoms with Gasteiger partial charge in [-0.3, -0.25) is 9.48 Å². The van der Waals surface area contributed by atoms with E-state index in [1.165, 1.54) is 0 Å². The first-order valence-electron chi connectivity index (χ1n) is 8.11. The molecule has 1 saturated heterocycles. The number of nitrogens with one attached hydrogen (secondary N) is 2. The summed E-state index contributed by atoms with van der Waals surface area (Å²) in [4.78, 5) is 12.2. The number of benzene rings is 1. The molecule has 1 aliphatic rings. The van der Waals surface area contributed by atoms with Crippen LogP contribution in [0.3, 0.4) is 0 Å². The molecule has 1 fully saturated rings. The molecule has 0 atom stereocenters. The zero-order valence-electron chi connectivity index (χ0n) is 13.7. The highest BCUT2D eigenvalue weighted by atomic mass is 35.5. The molecular formula is C17H25ClN4O. The van der Waals surface area contributed by atoms with Crippen LogP contribution in [0.5, 0.6) is 0 Å². The minimum Gasteiger partial charge on any atom is -0.326 e. The van der Waals surface area contributed by atoms with Gasteiger partial charge in [0.15, 0.2) is 0 Å². The van der Waals surface area contributed by atoms with Crippen molar-refractivity contribution >= 4 is 34.9 Å². The van der Waals surface area contributed by atoms with Crippen LogP contribution in [0.25, 0.3) is 10.9 Å². The first-order valence-corrected chi connectivity index (χ1v) is 8.11. The molecule has 1 aromatic heterocycles. The second-order valence-corrected chi connectivity index (χ2v) is 6.42. The Hall–Kier alpha value is -1.59. The van der Waals surface area contributed by atoms with E-state index >= 15 is 0 Å². The van der Waals surface area contributed by atoms with Crippen LogP contribution in [0.1, 0.15) is 39.2 Å². The first kappa shape index (κ1) is 17.8. The van der Waals surface area contributed by atoms with Gasteiger partial charge in [0, 0.05) is 29.7 Å². The number of amides is 1. The van der Waals surface area contributed by atoms with Crippen molar-refractivity contribution in [3.8, 4) is 0 Å². The number of aromatic nitrogens is 2. The number of hydrogen-bond acceptors (Lipinski definition) is 3. The van der Waals surface area contributed by atoms with Gasteiger partial charge in [-0.05, 0) is 63.9 Å². The quantitative estimate of drug-likeness (QED) is 0.900. The summed E-state index contributed by atoms with van der Waals surface area (Å²) in [5.74, 6) is 0.621. The predicted molar refractivity (Wildman–Crippen MR) is 96.2 cm³/mol. The summed E-state index contributed by atoms with van der Waals surface area (Å²) in [6.45, 7) is 6.26. The summed E-state index contributed by atoms with van der Waals surface area (Å²) in [5, 5.41) is 11.9. The summed E-state index contributed by atoms with van der Waals surface area (Å²) in [5.41, 5.74) is 1.82. The Labute approximate surface area is 143 Å². The third kappa shape index (κ3) is 4.45. The van der Waals surface area contributed by atoms with Gasteiger partial charge in [-0.15, -0.1) is 12.4 Å². The summed E-state index contributed by atoms with van der Waals surface area (Å²) < 4.78 is 1.95. The molecule has 1 aromatic carbocycles. The lowest BCUT2D eigenvalue weighted by Gasteiger charge is -2.21. The van der Waals surface area contributed by atoms with E-state index in [1.807, 2.05) is 29.1 Å². The van der Waals surface area contributed by atoms with Crippen molar-refractivity contribution in [1.82, 2.24) is 15.1 Å².